The predicted octanol–water partition coefficient (Wildman–Crippen LogP) is 1.25. The highest BCUT2D eigenvalue weighted by Crippen LogP contribution is 2.26. The van der Waals surface area contributed by atoms with Crippen LogP contribution in [0.15, 0.2) is 23.1 Å². The molecule has 1 atom stereocenters. The molecule has 1 fully saturated rings. The molecule has 1 saturated heterocycles. The summed E-state index contributed by atoms with van der Waals surface area (Å²) in [6.45, 7) is 2.43. The highest BCUT2D eigenvalue weighted by atomic mass is 32.2. The Morgan fingerprint density at radius 3 is 2.78 bits per heavy atom. The van der Waals surface area contributed by atoms with Crippen LogP contribution in [0.5, 0.6) is 0 Å². The lowest BCUT2D eigenvalue weighted by molar-refractivity contribution is 0.392. The van der Waals surface area contributed by atoms with Gasteiger partial charge in [0.25, 0.3) is 0 Å². The van der Waals surface area contributed by atoms with Crippen LogP contribution in [0.25, 0.3) is 0 Å². The van der Waals surface area contributed by atoms with Crippen LogP contribution >= 0.6 is 0 Å². The van der Waals surface area contributed by atoms with Gasteiger partial charge in [0.15, 0.2) is 0 Å². The maximum atomic E-state index is 13.3. The molecule has 0 bridgehead atoms. The smallest absolute Gasteiger partial charge is 0.243 e. The number of aryl methyl sites for hydroxylation is 1. The van der Waals surface area contributed by atoms with Crippen LogP contribution in [0.2, 0.25) is 0 Å². The average molecular weight is 272 g/mol. The summed E-state index contributed by atoms with van der Waals surface area (Å²) in [5.74, 6) is -0.530. The quantitative estimate of drug-likeness (QED) is 0.900. The van der Waals surface area contributed by atoms with E-state index in [-0.39, 0.29) is 10.9 Å². The molecule has 0 amide bonds. The minimum atomic E-state index is -3.63. The van der Waals surface area contributed by atoms with E-state index < -0.39 is 15.8 Å². The second kappa shape index (κ2) is 4.95. The third kappa shape index (κ3) is 2.41. The fourth-order valence-corrected chi connectivity index (χ4v) is 4.17. The van der Waals surface area contributed by atoms with Crippen molar-refractivity contribution in [1.29, 1.82) is 0 Å². The molecule has 6 heteroatoms. The predicted molar refractivity (Wildman–Crippen MR) is 67.1 cm³/mol. The number of halogens is 1. The molecule has 1 aliphatic rings. The van der Waals surface area contributed by atoms with Gasteiger partial charge in [0, 0.05) is 19.1 Å². The largest absolute Gasteiger partial charge is 0.329 e. The van der Waals surface area contributed by atoms with Crippen LogP contribution in [0.1, 0.15) is 18.4 Å². The Morgan fingerprint density at radius 2 is 2.17 bits per heavy atom. The van der Waals surface area contributed by atoms with E-state index in [2.05, 4.69) is 0 Å². The molecule has 0 aliphatic carbocycles. The zero-order chi connectivity index (χ0) is 13.3. The second-order valence-electron chi connectivity index (χ2n) is 4.61. The van der Waals surface area contributed by atoms with Crippen LogP contribution in [0, 0.1) is 12.7 Å². The van der Waals surface area contributed by atoms with Crippen molar-refractivity contribution in [3.8, 4) is 0 Å². The summed E-state index contributed by atoms with van der Waals surface area (Å²) in [5, 5.41) is 0. The van der Waals surface area contributed by atoms with Gasteiger partial charge in [-0.15, -0.1) is 0 Å². The second-order valence-corrected chi connectivity index (χ2v) is 6.50. The molecule has 1 aromatic carbocycles. The van der Waals surface area contributed by atoms with E-state index in [1.54, 1.807) is 6.92 Å². The number of benzene rings is 1. The van der Waals surface area contributed by atoms with E-state index in [0.29, 0.717) is 18.7 Å². The summed E-state index contributed by atoms with van der Waals surface area (Å²) < 4.78 is 39.5. The van der Waals surface area contributed by atoms with Crippen LogP contribution in [0.4, 0.5) is 4.39 Å². The average Bonchev–Trinajstić information content (AvgIpc) is 2.76. The molecule has 0 radical (unpaired) electrons. The normalized spacial score (nSPS) is 21.4. The van der Waals surface area contributed by atoms with E-state index >= 15 is 0 Å². The van der Waals surface area contributed by atoms with Gasteiger partial charge in [0.2, 0.25) is 10.0 Å². The lowest BCUT2D eigenvalue weighted by Crippen LogP contribution is -2.39. The van der Waals surface area contributed by atoms with E-state index in [4.69, 9.17) is 5.73 Å². The summed E-state index contributed by atoms with van der Waals surface area (Å²) >= 11 is 0. The third-order valence-electron chi connectivity index (χ3n) is 3.22. The van der Waals surface area contributed by atoms with E-state index in [0.717, 1.165) is 18.9 Å². The fourth-order valence-electron chi connectivity index (χ4n) is 2.35. The van der Waals surface area contributed by atoms with Crippen LogP contribution in [-0.2, 0) is 10.0 Å². The molecule has 1 unspecified atom stereocenters. The fraction of sp³-hybridized carbons (Fsp3) is 0.500. The van der Waals surface area contributed by atoms with Crippen molar-refractivity contribution < 1.29 is 12.8 Å². The van der Waals surface area contributed by atoms with Crippen molar-refractivity contribution in [3.63, 3.8) is 0 Å². The number of nitrogens with two attached hydrogens (primary N) is 1. The molecular formula is C12H17FN2O2S. The van der Waals surface area contributed by atoms with Gasteiger partial charge in [-0.3, -0.25) is 0 Å². The molecule has 0 saturated carbocycles. The number of rotatable bonds is 3. The minimum Gasteiger partial charge on any atom is -0.329 e. The number of nitrogens with zero attached hydrogens (tertiary/aromatic N) is 1. The molecule has 4 nitrogen and oxygen atoms in total. The van der Waals surface area contributed by atoms with Crippen molar-refractivity contribution in [2.75, 3.05) is 13.1 Å². The van der Waals surface area contributed by atoms with Gasteiger partial charge in [-0.25, -0.2) is 12.8 Å². The monoisotopic (exact) mass is 272 g/mol. The molecule has 0 aromatic heterocycles. The highest BCUT2D eigenvalue weighted by molar-refractivity contribution is 7.89. The van der Waals surface area contributed by atoms with E-state index in [1.807, 2.05) is 0 Å². The van der Waals surface area contributed by atoms with Gasteiger partial charge >= 0.3 is 0 Å². The SMILES string of the molecule is Cc1cc(F)cc(S(=O)(=O)N2CCCC2CN)c1. The summed E-state index contributed by atoms with van der Waals surface area (Å²) in [6.07, 6.45) is 1.57. The van der Waals surface area contributed by atoms with Gasteiger partial charge in [-0.2, -0.15) is 4.31 Å². The Bertz CT molecular complexity index is 525. The first-order chi connectivity index (χ1) is 8.45. The van der Waals surface area contributed by atoms with Crippen LogP contribution in [-0.4, -0.2) is 31.9 Å². The topological polar surface area (TPSA) is 63.4 Å². The van der Waals surface area contributed by atoms with Crippen molar-refractivity contribution in [1.82, 2.24) is 4.31 Å². The highest BCUT2D eigenvalue weighted by Gasteiger charge is 2.34. The molecule has 2 rings (SSSR count). The summed E-state index contributed by atoms with van der Waals surface area (Å²) in [6, 6.07) is 3.70. The summed E-state index contributed by atoms with van der Waals surface area (Å²) in [7, 11) is -3.63. The number of hydrogen-bond acceptors (Lipinski definition) is 3. The molecular weight excluding hydrogens is 255 g/mol. The Balaban J connectivity index is 2.41. The first-order valence-electron chi connectivity index (χ1n) is 5.94. The van der Waals surface area contributed by atoms with Crippen molar-refractivity contribution in [3.05, 3.63) is 29.6 Å². The zero-order valence-electron chi connectivity index (χ0n) is 10.3. The molecule has 100 valence electrons. The van der Waals surface area contributed by atoms with Crippen molar-refractivity contribution >= 4 is 10.0 Å². The van der Waals surface area contributed by atoms with Gasteiger partial charge in [-0.05, 0) is 43.5 Å². The Hall–Kier alpha value is -0.980. The standard InChI is InChI=1S/C12H17FN2O2S/c1-9-5-10(13)7-12(6-9)18(16,17)15-4-2-3-11(15)8-14/h5-7,11H,2-4,8,14H2,1H3. The minimum absolute atomic E-state index is 0.0142. The summed E-state index contributed by atoms with van der Waals surface area (Å²) in [5.41, 5.74) is 6.17. The maximum Gasteiger partial charge on any atom is 0.243 e. The van der Waals surface area contributed by atoms with Crippen molar-refractivity contribution in [2.45, 2.75) is 30.7 Å². The molecule has 1 aliphatic heterocycles. The maximum absolute atomic E-state index is 13.3. The Kier molecular flexibility index (Phi) is 3.70. The molecule has 1 heterocycles. The molecule has 0 spiro atoms. The first-order valence-corrected chi connectivity index (χ1v) is 7.38. The van der Waals surface area contributed by atoms with Gasteiger partial charge < -0.3 is 5.73 Å². The molecule has 18 heavy (non-hydrogen) atoms. The lowest BCUT2D eigenvalue weighted by Gasteiger charge is -2.23. The Morgan fingerprint density at radius 1 is 1.44 bits per heavy atom. The van der Waals surface area contributed by atoms with Gasteiger partial charge in [0.05, 0.1) is 4.90 Å². The lowest BCUT2D eigenvalue weighted by atomic mass is 10.2. The van der Waals surface area contributed by atoms with Crippen LogP contribution < -0.4 is 5.73 Å². The molecule has 2 N–H and O–H groups in total. The first kappa shape index (κ1) is 13.5. The number of sulfonamides is 1. The molecule has 1 aromatic rings. The van der Waals surface area contributed by atoms with E-state index in [9.17, 15) is 12.8 Å². The van der Waals surface area contributed by atoms with Crippen molar-refractivity contribution in [2.24, 2.45) is 5.73 Å². The van der Waals surface area contributed by atoms with E-state index in [1.165, 1.54) is 16.4 Å². The van der Waals surface area contributed by atoms with Crippen LogP contribution in [0.3, 0.4) is 0 Å². The van der Waals surface area contributed by atoms with Gasteiger partial charge in [0.1, 0.15) is 5.82 Å². The van der Waals surface area contributed by atoms with Gasteiger partial charge in [-0.1, -0.05) is 0 Å². The zero-order valence-corrected chi connectivity index (χ0v) is 11.1. The summed E-state index contributed by atoms with van der Waals surface area (Å²) in [4.78, 5) is 0.0142. The Labute approximate surface area is 107 Å². The number of hydrogen-bond donors (Lipinski definition) is 1. The third-order valence-corrected chi connectivity index (χ3v) is 5.15.